The van der Waals surface area contributed by atoms with E-state index in [-0.39, 0.29) is 24.0 Å². The average molecular weight is 459 g/mol. The van der Waals surface area contributed by atoms with Crippen molar-refractivity contribution in [3.8, 4) is 5.75 Å². The van der Waals surface area contributed by atoms with Crippen molar-refractivity contribution in [1.29, 1.82) is 0 Å². The highest BCUT2D eigenvalue weighted by Gasteiger charge is 2.23. The van der Waals surface area contributed by atoms with Gasteiger partial charge in [0.25, 0.3) is 15.9 Å². The molecule has 0 bridgehead atoms. The normalized spacial score (nSPS) is 11.1. The summed E-state index contributed by atoms with van der Waals surface area (Å²) in [6.45, 7) is 3.74. The summed E-state index contributed by atoms with van der Waals surface area (Å²) in [5, 5.41) is 3.29. The number of hydrogen-bond acceptors (Lipinski definition) is 4. The molecule has 0 saturated carbocycles. The van der Waals surface area contributed by atoms with Gasteiger partial charge in [-0.15, -0.1) is 0 Å². The van der Waals surface area contributed by atoms with E-state index in [1.54, 1.807) is 73.7 Å². The van der Waals surface area contributed by atoms with Crippen LogP contribution in [0.5, 0.6) is 5.75 Å². The Morgan fingerprint density at radius 1 is 1.03 bits per heavy atom. The molecule has 0 aliphatic carbocycles. The van der Waals surface area contributed by atoms with Crippen LogP contribution in [0.3, 0.4) is 0 Å². The molecule has 0 spiro atoms. The maximum Gasteiger partial charge on any atom is 0.264 e. The first-order valence-electron chi connectivity index (χ1n) is 9.68. The highest BCUT2D eigenvalue weighted by atomic mass is 35.5. The monoisotopic (exact) mass is 458 g/mol. The van der Waals surface area contributed by atoms with Gasteiger partial charge in [-0.05, 0) is 67.9 Å². The molecule has 0 heterocycles. The first kappa shape index (κ1) is 22.7. The summed E-state index contributed by atoms with van der Waals surface area (Å²) in [4.78, 5) is 12.4. The van der Waals surface area contributed by atoms with Gasteiger partial charge in [0.2, 0.25) is 0 Å². The van der Waals surface area contributed by atoms with E-state index in [2.05, 4.69) is 5.32 Å². The van der Waals surface area contributed by atoms with Gasteiger partial charge < -0.3 is 10.1 Å². The maximum absolute atomic E-state index is 12.9. The summed E-state index contributed by atoms with van der Waals surface area (Å²) in [6, 6.07) is 20.1. The van der Waals surface area contributed by atoms with Crippen LogP contribution in [0, 0.1) is 6.92 Å². The zero-order valence-electron chi connectivity index (χ0n) is 17.2. The Kier molecular flexibility index (Phi) is 7.20. The van der Waals surface area contributed by atoms with Crippen molar-refractivity contribution in [1.82, 2.24) is 0 Å². The van der Waals surface area contributed by atoms with Crippen LogP contribution >= 0.6 is 11.6 Å². The van der Waals surface area contributed by atoms with Crippen LogP contribution in [-0.2, 0) is 14.8 Å². The standard InChI is InChI=1S/C23H23ClN2O4S/c1-3-26(31(28,29)21-7-5-4-6-8-21)19-11-13-20(14-12-19)30-16-23(27)25-18-10-9-17(2)22(24)15-18/h4-15H,3,16H2,1-2H3,(H,25,27). The van der Waals surface area contributed by atoms with Crippen LogP contribution in [0.15, 0.2) is 77.7 Å². The third-order valence-electron chi connectivity index (χ3n) is 4.57. The van der Waals surface area contributed by atoms with E-state index in [0.717, 1.165) is 5.56 Å². The fraction of sp³-hybridized carbons (Fsp3) is 0.174. The lowest BCUT2D eigenvalue weighted by molar-refractivity contribution is -0.118. The number of halogens is 1. The van der Waals surface area contributed by atoms with Crippen LogP contribution in [0.2, 0.25) is 5.02 Å². The molecule has 0 radical (unpaired) electrons. The van der Waals surface area contributed by atoms with Crippen LogP contribution in [0.25, 0.3) is 0 Å². The van der Waals surface area contributed by atoms with Gasteiger partial charge in [0.05, 0.1) is 10.6 Å². The SMILES string of the molecule is CCN(c1ccc(OCC(=O)Nc2ccc(C)c(Cl)c2)cc1)S(=O)(=O)c1ccccc1. The lowest BCUT2D eigenvalue weighted by Crippen LogP contribution is -2.30. The fourth-order valence-electron chi connectivity index (χ4n) is 2.94. The van der Waals surface area contributed by atoms with Gasteiger partial charge in [-0.25, -0.2) is 8.42 Å². The molecule has 0 saturated heterocycles. The molecule has 0 atom stereocenters. The quantitative estimate of drug-likeness (QED) is 0.522. The Morgan fingerprint density at radius 2 is 1.71 bits per heavy atom. The van der Waals surface area contributed by atoms with Crippen molar-refractivity contribution in [2.24, 2.45) is 0 Å². The molecule has 3 aromatic carbocycles. The van der Waals surface area contributed by atoms with Crippen molar-refractivity contribution in [3.63, 3.8) is 0 Å². The molecular formula is C23H23ClN2O4S. The van der Waals surface area contributed by atoms with Gasteiger partial charge in [-0.1, -0.05) is 35.9 Å². The number of hydrogen-bond donors (Lipinski definition) is 1. The summed E-state index contributed by atoms with van der Waals surface area (Å²) in [6.07, 6.45) is 0. The minimum atomic E-state index is -3.67. The Labute approximate surface area is 187 Å². The van der Waals surface area contributed by atoms with Crippen molar-refractivity contribution < 1.29 is 17.9 Å². The van der Waals surface area contributed by atoms with E-state index in [4.69, 9.17) is 16.3 Å². The molecule has 0 aliphatic rings. The minimum absolute atomic E-state index is 0.190. The van der Waals surface area contributed by atoms with E-state index in [1.807, 2.05) is 13.0 Å². The van der Waals surface area contributed by atoms with Gasteiger partial charge >= 0.3 is 0 Å². The lowest BCUT2D eigenvalue weighted by atomic mass is 10.2. The highest BCUT2D eigenvalue weighted by molar-refractivity contribution is 7.92. The average Bonchev–Trinajstić information content (AvgIpc) is 2.77. The number of nitrogens with zero attached hydrogens (tertiary/aromatic N) is 1. The Hall–Kier alpha value is -3.03. The van der Waals surface area contributed by atoms with E-state index < -0.39 is 10.0 Å². The summed E-state index contributed by atoms with van der Waals surface area (Å²) >= 11 is 6.06. The van der Waals surface area contributed by atoms with Crippen LogP contribution in [0.1, 0.15) is 12.5 Å². The van der Waals surface area contributed by atoms with E-state index >= 15 is 0 Å². The third-order valence-corrected chi connectivity index (χ3v) is 6.89. The van der Waals surface area contributed by atoms with Crippen LogP contribution < -0.4 is 14.4 Å². The van der Waals surface area contributed by atoms with Crippen molar-refractivity contribution >= 4 is 38.9 Å². The second-order valence-electron chi connectivity index (χ2n) is 6.78. The molecule has 31 heavy (non-hydrogen) atoms. The number of aryl methyl sites for hydroxylation is 1. The highest BCUT2D eigenvalue weighted by Crippen LogP contribution is 2.25. The van der Waals surface area contributed by atoms with Gasteiger partial charge in [-0.3, -0.25) is 9.10 Å². The first-order chi connectivity index (χ1) is 14.8. The number of ether oxygens (including phenoxy) is 1. The second kappa shape index (κ2) is 9.85. The maximum atomic E-state index is 12.9. The Morgan fingerprint density at radius 3 is 2.32 bits per heavy atom. The van der Waals surface area contributed by atoms with E-state index in [0.29, 0.717) is 22.1 Å². The van der Waals surface area contributed by atoms with E-state index in [9.17, 15) is 13.2 Å². The Balaban J connectivity index is 1.64. The Bertz CT molecular complexity index is 1150. The number of sulfonamides is 1. The molecular weight excluding hydrogens is 436 g/mol. The lowest BCUT2D eigenvalue weighted by Gasteiger charge is -2.23. The second-order valence-corrected chi connectivity index (χ2v) is 9.05. The summed E-state index contributed by atoms with van der Waals surface area (Å²) in [5.41, 5.74) is 2.02. The number of benzene rings is 3. The third kappa shape index (κ3) is 5.57. The smallest absolute Gasteiger partial charge is 0.264 e. The molecule has 0 fully saturated rings. The number of rotatable bonds is 8. The number of carbonyl (C=O) groups excluding carboxylic acids is 1. The van der Waals surface area contributed by atoms with Crippen LogP contribution in [0.4, 0.5) is 11.4 Å². The molecule has 3 aromatic rings. The number of anilines is 2. The topological polar surface area (TPSA) is 75.7 Å². The largest absolute Gasteiger partial charge is 0.484 e. The molecule has 6 nitrogen and oxygen atoms in total. The first-order valence-corrected chi connectivity index (χ1v) is 11.5. The zero-order chi connectivity index (χ0) is 22.4. The van der Waals surface area contributed by atoms with E-state index in [1.165, 1.54) is 4.31 Å². The minimum Gasteiger partial charge on any atom is -0.484 e. The molecule has 1 amide bonds. The van der Waals surface area contributed by atoms with Crippen molar-refractivity contribution in [3.05, 3.63) is 83.4 Å². The van der Waals surface area contributed by atoms with Gasteiger partial charge in [-0.2, -0.15) is 0 Å². The van der Waals surface area contributed by atoms with Gasteiger partial charge in [0.1, 0.15) is 5.75 Å². The summed E-state index contributed by atoms with van der Waals surface area (Å²) in [5.74, 6) is 0.125. The zero-order valence-corrected chi connectivity index (χ0v) is 18.8. The molecule has 0 unspecified atom stereocenters. The molecule has 1 N–H and O–H groups in total. The predicted molar refractivity (Wildman–Crippen MR) is 123 cm³/mol. The van der Waals surface area contributed by atoms with Crippen molar-refractivity contribution in [2.45, 2.75) is 18.7 Å². The molecule has 3 rings (SSSR count). The summed E-state index contributed by atoms with van der Waals surface area (Å²) < 4.78 is 32.7. The number of carbonyl (C=O) groups is 1. The van der Waals surface area contributed by atoms with Crippen LogP contribution in [-0.4, -0.2) is 27.5 Å². The number of amides is 1. The summed E-state index contributed by atoms with van der Waals surface area (Å²) in [7, 11) is -3.67. The molecule has 0 aromatic heterocycles. The molecule has 162 valence electrons. The molecule has 0 aliphatic heterocycles. The number of nitrogens with one attached hydrogen (secondary N) is 1. The fourth-order valence-corrected chi connectivity index (χ4v) is 4.61. The van der Waals surface area contributed by atoms with Gasteiger partial charge in [0, 0.05) is 17.3 Å². The van der Waals surface area contributed by atoms with Crippen molar-refractivity contribution in [2.75, 3.05) is 22.8 Å². The predicted octanol–water partition coefficient (Wildman–Crippen LogP) is 4.88. The van der Waals surface area contributed by atoms with Gasteiger partial charge in [0.15, 0.2) is 6.61 Å². The molecule has 8 heteroatoms.